The summed E-state index contributed by atoms with van der Waals surface area (Å²) >= 11 is 14.2. The zero-order valence-corrected chi connectivity index (χ0v) is 18.7. The van der Waals surface area contributed by atoms with Gasteiger partial charge in [-0.25, -0.2) is 19.9 Å². The molecule has 1 saturated heterocycles. The fourth-order valence-corrected chi connectivity index (χ4v) is 5.18. The van der Waals surface area contributed by atoms with Gasteiger partial charge in [-0.05, 0) is 18.2 Å². The molecule has 1 aromatic carbocycles. The van der Waals surface area contributed by atoms with Crippen LogP contribution in [-0.4, -0.2) is 51.1 Å². The van der Waals surface area contributed by atoms with Crippen molar-refractivity contribution in [1.29, 1.82) is 0 Å². The third-order valence-electron chi connectivity index (χ3n) is 4.94. The topological polar surface area (TPSA) is 76.1 Å². The summed E-state index contributed by atoms with van der Waals surface area (Å²) in [5, 5.41) is 5.20. The quantitative estimate of drug-likeness (QED) is 0.436. The van der Waals surface area contributed by atoms with Gasteiger partial charge >= 0.3 is 0 Å². The van der Waals surface area contributed by atoms with Gasteiger partial charge in [0.05, 0.1) is 39.2 Å². The number of nitrogens with one attached hydrogen (secondary N) is 1. The van der Waals surface area contributed by atoms with E-state index in [9.17, 15) is 0 Å². The number of rotatable bonds is 5. The first-order valence-electron chi connectivity index (χ1n) is 9.75. The van der Waals surface area contributed by atoms with E-state index in [1.54, 1.807) is 12.5 Å². The maximum absolute atomic E-state index is 6.38. The first kappa shape index (κ1) is 20.5. The second-order valence-corrected chi connectivity index (χ2v) is 8.85. The lowest BCUT2D eigenvalue weighted by molar-refractivity contribution is 0.0336. The molecule has 158 valence electrons. The van der Waals surface area contributed by atoms with Gasteiger partial charge < -0.3 is 10.1 Å². The average molecular weight is 473 g/mol. The highest BCUT2D eigenvalue weighted by molar-refractivity contribution is 7.22. The molecular formula is C21H18Cl2N6OS. The molecule has 5 rings (SSSR count). The van der Waals surface area contributed by atoms with Gasteiger partial charge in [-0.3, -0.25) is 4.90 Å². The minimum atomic E-state index is 0.567. The van der Waals surface area contributed by atoms with Crippen molar-refractivity contribution in [3.05, 3.63) is 58.6 Å². The fourth-order valence-electron chi connectivity index (χ4n) is 3.42. The van der Waals surface area contributed by atoms with Crippen LogP contribution in [0.15, 0.2) is 42.9 Å². The summed E-state index contributed by atoms with van der Waals surface area (Å²) < 4.78 is 6.32. The highest BCUT2D eigenvalue weighted by Gasteiger charge is 2.16. The number of ether oxygens (including phenoxy) is 1. The van der Waals surface area contributed by atoms with E-state index >= 15 is 0 Å². The Labute approximate surface area is 193 Å². The summed E-state index contributed by atoms with van der Waals surface area (Å²) in [7, 11) is 0. The third kappa shape index (κ3) is 4.49. The number of fused-ring (bicyclic) bond motifs is 1. The lowest BCUT2D eigenvalue weighted by Crippen LogP contribution is -2.35. The predicted octanol–water partition coefficient (Wildman–Crippen LogP) is 5.03. The van der Waals surface area contributed by atoms with Crippen LogP contribution in [0.3, 0.4) is 0 Å². The molecule has 0 amide bonds. The molecule has 0 bridgehead atoms. The van der Waals surface area contributed by atoms with Gasteiger partial charge in [-0.2, -0.15) is 0 Å². The molecule has 4 aromatic rings. The first-order chi connectivity index (χ1) is 15.2. The van der Waals surface area contributed by atoms with E-state index in [0.29, 0.717) is 21.7 Å². The summed E-state index contributed by atoms with van der Waals surface area (Å²) in [5.41, 5.74) is 2.49. The van der Waals surface area contributed by atoms with Crippen molar-refractivity contribution in [2.75, 3.05) is 31.6 Å². The second-order valence-electron chi connectivity index (χ2n) is 7.03. The van der Waals surface area contributed by atoms with Crippen LogP contribution in [0.25, 0.3) is 20.8 Å². The zero-order chi connectivity index (χ0) is 21.2. The molecule has 7 nitrogen and oxygen atoms in total. The van der Waals surface area contributed by atoms with E-state index in [-0.39, 0.29) is 0 Å². The van der Waals surface area contributed by atoms with Crippen LogP contribution in [0.4, 0.5) is 11.6 Å². The molecule has 0 saturated carbocycles. The summed E-state index contributed by atoms with van der Waals surface area (Å²) in [6, 6.07) is 9.25. The largest absolute Gasteiger partial charge is 0.379 e. The van der Waals surface area contributed by atoms with E-state index in [4.69, 9.17) is 32.9 Å². The number of thiazole rings is 1. The van der Waals surface area contributed by atoms with Crippen molar-refractivity contribution < 1.29 is 4.74 Å². The summed E-state index contributed by atoms with van der Waals surface area (Å²) in [6.07, 6.45) is 3.29. The number of hydrogen-bond donors (Lipinski definition) is 1. The van der Waals surface area contributed by atoms with Crippen LogP contribution in [-0.2, 0) is 11.3 Å². The molecule has 0 radical (unpaired) electrons. The minimum absolute atomic E-state index is 0.567. The van der Waals surface area contributed by atoms with Gasteiger partial charge in [0.2, 0.25) is 0 Å². The van der Waals surface area contributed by atoms with Gasteiger partial charge in [0.25, 0.3) is 0 Å². The Morgan fingerprint density at radius 2 is 1.87 bits per heavy atom. The Balaban J connectivity index is 1.43. The highest BCUT2D eigenvalue weighted by atomic mass is 35.5. The molecule has 31 heavy (non-hydrogen) atoms. The molecule has 0 spiro atoms. The van der Waals surface area contributed by atoms with Crippen molar-refractivity contribution >= 4 is 56.4 Å². The molecule has 1 fully saturated rings. The fraction of sp³-hybridized carbons (Fsp3) is 0.238. The van der Waals surface area contributed by atoms with Crippen LogP contribution in [0.1, 0.15) is 5.69 Å². The molecule has 0 aliphatic carbocycles. The SMILES string of the molecule is Clc1cccc(Cl)c1-c1nc2ccnc(Nc3cc(CN4CCOCC4)ncn3)c2s1. The Morgan fingerprint density at radius 1 is 1.06 bits per heavy atom. The number of hydrogen-bond acceptors (Lipinski definition) is 8. The Bertz CT molecular complexity index is 1210. The lowest BCUT2D eigenvalue weighted by Gasteiger charge is -2.26. The zero-order valence-electron chi connectivity index (χ0n) is 16.4. The predicted molar refractivity (Wildman–Crippen MR) is 124 cm³/mol. The number of nitrogens with zero attached hydrogens (tertiary/aromatic N) is 5. The van der Waals surface area contributed by atoms with Crippen LogP contribution >= 0.6 is 34.5 Å². The minimum Gasteiger partial charge on any atom is -0.379 e. The van der Waals surface area contributed by atoms with E-state index < -0.39 is 0 Å². The summed E-state index contributed by atoms with van der Waals surface area (Å²) in [5.74, 6) is 1.37. The first-order valence-corrected chi connectivity index (χ1v) is 11.3. The van der Waals surface area contributed by atoms with Crippen LogP contribution in [0.5, 0.6) is 0 Å². The van der Waals surface area contributed by atoms with Crippen molar-refractivity contribution in [3.8, 4) is 10.6 Å². The highest BCUT2D eigenvalue weighted by Crippen LogP contribution is 2.40. The van der Waals surface area contributed by atoms with Gasteiger partial charge in [-0.15, -0.1) is 11.3 Å². The van der Waals surface area contributed by atoms with Gasteiger partial charge in [-0.1, -0.05) is 29.3 Å². The Hall–Kier alpha value is -2.36. The number of aromatic nitrogens is 4. The maximum Gasteiger partial charge on any atom is 0.151 e. The molecule has 1 aliphatic rings. The number of morpholine rings is 1. The van der Waals surface area contributed by atoms with Crippen molar-refractivity contribution in [2.24, 2.45) is 0 Å². The normalized spacial score (nSPS) is 14.8. The molecule has 10 heteroatoms. The maximum atomic E-state index is 6.38. The van der Waals surface area contributed by atoms with E-state index in [0.717, 1.165) is 59.3 Å². The number of anilines is 2. The molecule has 0 unspecified atom stereocenters. The average Bonchev–Trinajstić information content (AvgIpc) is 3.19. The van der Waals surface area contributed by atoms with E-state index in [1.807, 2.05) is 30.3 Å². The third-order valence-corrected chi connectivity index (χ3v) is 6.67. The van der Waals surface area contributed by atoms with Crippen molar-refractivity contribution in [1.82, 2.24) is 24.8 Å². The van der Waals surface area contributed by atoms with Crippen LogP contribution in [0.2, 0.25) is 10.0 Å². The van der Waals surface area contributed by atoms with E-state index in [1.165, 1.54) is 11.3 Å². The van der Waals surface area contributed by atoms with Crippen molar-refractivity contribution in [3.63, 3.8) is 0 Å². The molecule has 1 aliphatic heterocycles. The van der Waals surface area contributed by atoms with Crippen LogP contribution < -0.4 is 5.32 Å². The molecule has 4 heterocycles. The standard InChI is InChI=1S/C21H18Cl2N6OS/c22-14-2-1-3-15(23)18(14)21-27-16-4-5-24-20(19(16)31-21)28-17-10-13(25-12-26-17)11-29-6-8-30-9-7-29/h1-5,10,12H,6-9,11H2,(H,24,25,26,28). The second kappa shape index (κ2) is 9.02. The Kier molecular flexibility index (Phi) is 5.97. The van der Waals surface area contributed by atoms with Gasteiger partial charge in [0.1, 0.15) is 17.2 Å². The monoisotopic (exact) mass is 472 g/mol. The molecule has 1 N–H and O–H groups in total. The van der Waals surface area contributed by atoms with E-state index in [2.05, 4.69) is 25.2 Å². The summed E-state index contributed by atoms with van der Waals surface area (Å²) in [4.78, 5) is 20.3. The molecular weight excluding hydrogens is 455 g/mol. The summed E-state index contributed by atoms with van der Waals surface area (Å²) in [6.45, 7) is 4.08. The van der Waals surface area contributed by atoms with Gasteiger partial charge in [0.15, 0.2) is 5.82 Å². The van der Waals surface area contributed by atoms with Crippen LogP contribution in [0, 0.1) is 0 Å². The number of halogens is 2. The lowest BCUT2D eigenvalue weighted by atomic mass is 10.2. The van der Waals surface area contributed by atoms with Gasteiger partial charge in [0, 0.05) is 37.5 Å². The Morgan fingerprint density at radius 3 is 2.68 bits per heavy atom. The van der Waals surface area contributed by atoms with Crippen molar-refractivity contribution in [2.45, 2.75) is 6.54 Å². The molecule has 3 aromatic heterocycles. The number of benzene rings is 1. The molecule has 0 atom stereocenters. The number of pyridine rings is 1. The smallest absolute Gasteiger partial charge is 0.151 e.